The molecule has 61 heavy (non-hydrogen) atoms. The standard InChI is InChI=1S/C51H24BN3O6/c1-7-28(49-31(10-1)46-34(59-49)13-4-16-53-46)25-19-37-43-38(20-25)57-40-22-27(30-9-3-12-33-48-36(61-51(30)33)15-6-18-55-48)24-42-45(40)52(43)44-39(56-37)21-26(23-41(44)58-42)29-8-2-11-32-47-35(60-50(29)32)14-5-17-54-47/h1-24H. The summed E-state index contributed by atoms with van der Waals surface area (Å²) in [6, 6.07) is 42.6. The highest BCUT2D eigenvalue weighted by Gasteiger charge is 2.47. The van der Waals surface area contributed by atoms with Gasteiger partial charge in [-0.3, -0.25) is 15.0 Å². The number of fused-ring (bicyclic) bond motifs is 9. The van der Waals surface area contributed by atoms with E-state index in [0.29, 0.717) is 34.5 Å². The Balaban J connectivity index is 0.984. The van der Waals surface area contributed by atoms with E-state index in [4.69, 9.17) is 27.5 Å². The summed E-state index contributed by atoms with van der Waals surface area (Å²) >= 11 is 0. The molecule has 3 aliphatic heterocycles. The lowest BCUT2D eigenvalue weighted by Gasteiger charge is -2.38. The van der Waals surface area contributed by atoms with Gasteiger partial charge in [0.2, 0.25) is 0 Å². The van der Waals surface area contributed by atoms with E-state index in [1.807, 2.05) is 72.8 Å². The van der Waals surface area contributed by atoms with Gasteiger partial charge in [0.1, 0.15) is 67.8 Å². The van der Waals surface area contributed by atoms with Gasteiger partial charge in [0.05, 0.1) is 0 Å². The first-order valence-electron chi connectivity index (χ1n) is 20.1. The van der Waals surface area contributed by atoms with E-state index < -0.39 is 0 Å². The number of hydrogen-bond acceptors (Lipinski definition) is 9. The summed E-state index contributed by atoms with van der Waals surface area (Å²) in [5.74, 6) is 4.21. The average molecular weight is 786 g/mol. The van der Waals surface area contributed by atoms with Crippen LogP contribution in [0.4, 0.5) is 0 Å². The number of nitrogens with zero attached hydrogens (tertiary/aromatic N) is 3. The molecule has 282 valence electrons. The highest BCUT2D eigenvalue weighted by atomic mass is 16.5. The maximum Gasteiger partial charge on any atom is 0.270 e. The minimum atomic E-state index is -0.225. The number of pyridine rings is 3. The summed E-state index contributed by atoms with van der Waals surface area (Å²) < 4.78 is 40.5. The molecule has 15 rings (SSSR count). The van der Waals surface area contributed by atoms with Crippen LogP contribution in [0, 0.1) is 0 Å². The van der Waals surface area contributed by atoms with Crippen LogP contribution in [0.25, 0.3) is 99.6 Å². The first-order valence-corrected chi connectivity index (χ1v) is 20.1. The molecule has 0 bridgehead atoms. The third-order valence-electron chi connectivity index (χ3n) is 12.5. The lowest BCUT2D eigenvalue weighted by molar-refractivity contribution is 0.443. The molecule has 9 nitrogen and oxygen atoms in total. The number of hydrogen-bond donors (Lipinski definition) is 0. The van der Waals surface area contributed by atoms with Crippen LogP contribution in [-0.2, 0) is 0 Å². The lowest BCUT2D eigenvalue weighted by atomic mass is 9.33. The van der Waals surface area contributed by atoms with Crippen molar-refractivity contribution in [3.8, 4) is 67.9 Å². The molecule has 3 aliphatic rings. The Hall–Kier alpha value is -8.37. The van der Waals surface area contributed by atoms with Gasteiger partial charge >= 0.3 is 0 Å². The Morgan fingerprint density at radius 1 is 0.344 bits per heavy atom. The molecule has 0 N–H and O–H groups in total. The van der Waals surface area contributed by atoms with Gasteiger partial charge in [-0.25, -0.2) is 0 Å². The van der Waals surface area contributed by atoms with E-state index in [0.717, 1.165) is 116 Å². The Kier molecular flexibility index (Phi) is 5.81. The minimum Gasteiger partial charge on any atom is -0.458 e. The molecular formula is C51H24BN3O6. The van der Waals surface area contributed by atoms with Crippen molar-refractivity contribution in [2.24, 2.45) is 0 Å². The topological polar surface area (TPSA) is 106 Å². The van der Waals surface area contributed by atoms with Crippen molar-refractivity contribution in [1.82, 2.24) is 15.0 Å². The second-order valence-electron chi connectivity index (χ2n) is 15.8. The molecule has 0 radical (unpaired) electrons. The van der Waals surface area contributed by atoms with E-state index >= 15 is 0 Å². The summed E-state index contributed by atoms with van der Waals surface area (Å²) in [5, 5.41) is 2.82. The molecule has 0 saturated heterocycles. The minimum absolute atomic E-state index is 0.225. The number of benzene rings is 6. The molecule has 6 aromatic heterocycles. The molecule has 0 amide bonds. The number of rotatable bonds is 3. The van der Waals surface area contributed by atoms with Crippen molar-refractivity contribution < 1.29 is 27.5 Å². The summed E-state index contributed by atoms with van der Waals surface area (Å²) in [7, 11) is 0. The smallest absolute Gasteiger partial charge is 0.270 e. The second kappa shape index (κ2) is 11.2. The number of furan rings is 3. The van der Waals surface area contributed by atoms with Crippen LogP contribution in [0.15, 0.2) is 159 Å². The highest BCUT2D eigenvalue weighted by Crippen LogP contribution is 2.49. The van der Waals surface area contributed by atoms with Gasteiger partial charge in [-0.05, 0) is 108 Å². The van der Waals surface area contributed by atoms with Gasteiger partial charge in [0, 0.05) is 67.8 Å². The largest absolute Gasteiger partial charge is 0.458 e. The van der Waals surface area contributed by atoms with Crippen LogP contribution in [-0.4, -0.2) is 21.7 Å². The zero-order valence-corrected chi connectivity index (χ0v) is 31.7. The van der Waals surface area contributed by atoms with Crippen LogP contribution in [0.3, 0.4) is 0 Å². The molecule has 9 heterocycles. The van der Waals surface area contributed by atoms with E-state index in [-0.39, 0.29) is 6.71 Å². The van der Waals surface area contributed by atoms with Crippen LogP contribution >= 0.6 is 0 Å². The fraction of sp³-hybridized carbons (Fsp3) is 0. The highest BCUT2D eigenvalue weighted by molar-refractivity contribution is 6.99. The molecule has 0 unspecified atom stereocenters. The monoisotopic (exact) mass is 785 g/mol. The second-order valence-corrected chi connectivity index (χ2v) is 15.8. The summed E-state index contributed by atoms with van der Waals surface area (Å²) in [4.78, 5) is 13.9. The molecule has 0 atom stereocenters. The number of ether oxygens (including phenoxy) is 3. The van der Waals surface area contributed by atoms with Gasteiger partial charge in [0.25, 0.3) is 6.71 Å². The van der Waals surface area contributed by atoms with Gasteiger partial charge < -0.3 is 27.5 Å². The van der Waals surface area contributed by atoms with Crippen molar-refractivity contribution in [3.63, 3.8) is 0 Å². The Labute approximate surface area is 344 Å². The average Bonchev–Trinajstić information content (AvgIpc) is 4.00. The molecule has 0 spiro atoms. The molecule has 0 fully saturated rings. The molecule has 0 saturated carbocycles. The third-order valence-corrected chi connectivity index (χ3v) is 12.5. The van der Waals surface area contributed by atoms with Gasteiger partial charge in [-0.1, -0.05) is 36.4 Å². The fourth-order valence-electron chi connectivity index (χ4n) is 9.96. The van der Waals surface area contributed by atoms with E-state index in [2.05, 4.69) is 69.5 Å². The summed E-state index contributed by atoms with van der Waals surface area (Å²) in [6.45, 7) is -0.225. The van der Waals surface area contributed by atoms with Crippen molar-refractivity contribution in [3.05, 3.63) is 146 Å². The normalized spacial score (nSPS) is 13.3. The quantitative estimate of drug-likeness (QED) is 0.162. The van der Waals surface area contributed by atoms with Crippen molar-refractivity contribution >= 4 is 89.3 Å². The van der Waals surface area contributed by atoms with Crippen LogP contribution < -0.4 is 30.6 Å². The van der Waals surface area contributed by atoms with Gasteiger partial charge in [0.15, 0.2) is 16.7 Å². The first-order chi connectivity index (χ1) is 30.2. The zero-order chi connectivity index (χ0) is 39.5. The number of para-hydroxylation sites is 3. The zero-order valence-electron chi connectivity index (χ0n) is 31.7. The number of aromatic nitrogens is 3. The molecule has 0 aliphatic carbocycles. The SMILES string of the molecule is c1cnc2c(c1)oc1c(-c3cc4c5c(c3)Oc3cc(-c6cccc7c6oc6cccnc67)cc6c3B5c3c(cc(-c5cccc7c5oc5cccnc57)cc3O6)O4)cccc12. The van der Waals surface area contributed by atoms with Crippen LogP contribution in [0.2, 0.25) is 0 Å². The van der Waals surface area contributed by atoms with Gasteiger partial charge in [-0.15, -0.1) is 0 Å². The maximum absolute atomic E-state index is 7.02. The van der Waals surface area contributed by atoms with Crippen molar-refractivity contribution in [2.75, 3.05) is 0 Å². The Bertz CT molecular complexity index is 3480. The summed E-state index contributed by atoms with van der Waals surface area (Å²) in [5.41, 5.74) is 15.1. The predicted octanol–water partition coefficient (Wildman–Crippen LogP) is 11.4. The summed E-state index contributed by atoms with van der Waals surface area (Å²) in [6.07, 6.45) is 5.37. The molecule has 6 aromatic carbocycles. The van der Waals surface area contributed by atoms with Crippen molar-refractivity contribution in [1.29, 1.82) is 0 Å². The Morgan fingerprint density at radius 2 is 0.656 bits per heavy atom. The van der Waals surface area contributed by atoms with E-state index in [9.17, 15) is 0 Å². The predicted molar refractivity (Wildman–Crippen MR) is 236 cm³/mol. The first kappa shape index (κ1) is 31.6. The molecule has 12 aromatic rings. The molecular weight excluding hydrogens is 761 g/mol. The van der Waals surface area contributed by atoms with E-state index in [1.165, 1.54) is 0 Å². The van der Waals surface area contributed by atoms with Crippen LogP contribution in [0.5, 0.6) is 34.5 Å². The Morgan fingerprint density at radius 3 is 0.967 bits per heavy atom. The maximum atomic E-state index is 7.02. The van der Waals surface area contributed by atoms with Gasteiger partial charge in [-0.2, -0.15) is 0 Å². The molecule has 10 heteroatoms. The van der Waals surface area contributed by atoms with Crippen molar-refractivity contribution in [2.45, 2.75) is 0 Å². The van der Waals surface area contributed by atoms with E-state index in [1.54, 1.807) is 18.6 Å². The van der Waals surface area contributed by atoms with Crippen LogP contribution in [0.1, 0.15) is 0 Å². The lowest BCUT2D eigenvalue weighted by Crippen LogP contribution is -2.59. The third kappa shape index (κ3) is 4.17. The fourth-order valence-corrected chi connectivity index (χ4v) is 9.96.